The Bertz CT molecular complexity index is 839. The van der Waals surface area contributed by atoms with Gasteiger partial charge in [-0.1, -0.05) is 29.8 Å². The summed E-state index contributed by atoms with van der Waals surface area (Å²) in [5.74, 6) is -0.605. The van der Waals surface area contributed by atoms with E-state index in [0.717, 1.165) is 10.5 Å². The molecule has 1 N–H and O–H groups in total. The zero-order valence-electron chi connectivity index (χ0n) is 14.2. The number of furan rings is 1. The second kappa shape index (κ2) is 6.08. The first kappa shape index (κ1) is 16.8. The molecule has 1 fully saturated rings. The Kier molecular flexibility index (Phi) is 4.08. The number of rotatable bonds is 4. The summed E-state index contributed by atoms with van der Waals surface area (Å²) in [5.41, 5.74) is 0.856. The molecule has 0 saturated carbocycles. The molecule has 3 rings (SSSR count). The van der Waals surface area contributed by atoms with Crippen molar-refractivity contribution in [1.82, 2.24) is 10.2 Å². The van der Waals surface area contributed by atoms with Crippen molar-refractivity contribution in [3.05, 3.63) is 59.0 Å². The van der Waals surface area contributed by atoms with Gasteiger partial charge < -0.3 is 14.5 Å². The van der Waals surface area contributed by atoms with E-state index in [2.05, 4.69) is 10.1 Å². The summed E-state index contributed by atoms with van der Waals surface area (Å²) >= 11 is 0. The number of aryl methyl sites for hydroxylation is 1. The van der Waals surface area contributed by atoms with Gasteiger partial charge in [0.1, 0.15) is 17.6 Å². The molecule has 2 aromatic rings. The Morgan fingerprint density at radius 2 is 1.96 bits per heavy atom. The molecule has 1 aromatic carbocycles. The standard InChI is InChI=1S/C18H18N2O5/c1-11-4-6-13(7-5-11)18(2)16(22)20(17(23)19-18)9-14-8-12(10-25-14)15(21)24-3/h4-8,10H,9H2,1-3H3,(H,19,23). The van der Waals surface area contributed by atoms with E-state index in [4.69, 9.17) is 4.42 Å². The molecular formula is C18H18N2O5. The first-order valence-corrected chi connectivity index (χ1v) is 7.72. The van der Waals surface area contributed by atoms with Crippen LogP contribution in [0.2, 0.25) is 0 Å². The van der Waals surface area contributed by atoms with Gasteiger partial charge in [-0.3, -0.25) is 9.69 Å². The molecular weight excluding hydrogens is 324 g/mol. The van der Waals surface area contributed by atoms with Crippen LogP contribution in [0.3, 0.4) is 0 Å². The van der Waals surface area contributed by atoms with Gasteiger partial charge in [0, 0.05) is 0 Å². The number of nitrogens with one attached hydrogen (secondary N) is 1. The molecule has 0 bridgehead atoms. The number of amides is 3. The molecule has 2 heterocycles. The van der Waals surface area contributed by atoms with Gasteiger partial charge in [0.15, 0.2) is 0 Å². The molecule has 25 heavy (non-hydrogen) atoms. The highest BCUT2D eigenvalue weighted by Crippen LogP contribution is 2.30. The molecule has 7 heteroatoms. The number of benzene rings is 1. The zero-order valence-corrected chi connectivity index (χ0v) is 14.2. The lowest BCUT2D eigenvalue weighted by Gasteiger charge is -2.22. The fraction of sp³-hybridized carbons (Fsp3) is 0.278. The second-order valence-electron chi connectivity index (χ2n) is 6.11. The Morgan fingerprint density at radius 3 is 2.60 bits per heavy atom. The molecule has 7 nitrogen and oxygen atoms in total. The first-order valence-electron chi connectivity index (χ1n) is 7.72. The zero-order chi connectivity index (χ0) is 18.2. The lowest BCUT2D eigenvalue weighted by atomic mass is 9.91. The van der Waals surface area contributed by atoms with E-state index in [1.54, 1.807) is 6.92 Å². The van der Waals surface area contributed by atoms with Crippen LogP contribution in [0.1, 0.15) is 34.2 Å². The summed E-state index contributed by atoms with van der Waals surface area (Å²) in [6.45, 7) is 3.55. The largest absolute Gasteiger partial charge is 0.467 e. The topological polar surface area (TPSA) is 88.8 Å². The lowest BCUT2D eigenvalue weighted by molar-refractivity contribution is -0.131. The van der Waals surface area contributed by atoms with Gasteiger partial charge >= 0.3 is 12.0 Å². The highest BCUT2D eigenvalue weighted by Gasteiger charge is 2.49. The van der Waals surface area contributed by atoms with Crippen LogP contribution < -0.4 is 5.32 Å². The molecule has 1 unspecified atom stereocenters. The smallest absolute Gasteiger partial charge is 0.341 e. The predicted octanol–water partition coefficient (Wildman–Crippen LogP) is 2.34. The summed E-state index contributed by atoms with van der Waals surface area (Å²) < 4.78 is 9.86. The minimum atomic E-state index is -1.14. The number of methoxy groups -OCH3 is 1. The maximum atomic E-state index is 12.8. The van der Waals surface area contributed by atoms with Crippen LogP contribution in [0, 0.1) is 6.92 Å². The van der Waals surface area contributed by atoms with E-state index < -0.39 is 17.5 Å². The minimum absolute atomic E-state index is 0.0664. The van der Waals surface area contributed by atoms with Crippen molar-refractivity contribution in [2.24, 2.45) is 0 Å². The van der Waals surface area contributed by atoms with Crippen molar-refractivity contribution >= 4 is 17.9 Å². The Labute approximate surface area is 144 Å². The van der Waals surface area contributed by atoms with E-state index in [1.165, 1.54) is 19.4 Å². The van der Waals surface area contributed by atoms with Crippen LogP contribution in [-0.4, -0.2) is 29.9 Å². The Balaban J connectivity index is 1.83. The predicted molar refractivity (Wildman–Crippen MR) is 87.7 cm³/mol. The molecule has 0 radical (unpaired) electrons. The molecule has 0 spiro atoms. The number of carbonyl (C=O) groups is 3. The van der Waals surface area contributed by atoms with E-state index in [1.807, 2.05) is 31.2 Å². The summed E-state index contributed by atoms with van der Waals surface area (Å²) in [4.78, 5) is 37.7. The number of esters is 1. The van der Waals surface area contributed by atoms with E-state index in [-0.39, 0.29) is 18.0 Å². The molecule has 0 aliphatic carbocycles. The van der Waals surface area contributed by atoms with Crippen molar-refractivity contribution in [3.63, 3.8) is 0 Å². The van der Waals surface area contributed by atoms with E-state index in [9.17, 15) is 14.4 Å². The highest BCUT2D eigenvalue weighted by atomic mass is 16.5. The quantitative estimate of drug-likeness (QED) is 0.680. The van der Waals surface area contributed by atoms with Gasteiger partial charge in [0.05, 0.1) is 19.2 Å². The van der Waals surface area contributed by atoms with Gasteiger partial charge in [0.2, 0.25) is 0 Å². The summed E-state index contributed by atoms with van der Waals surface area (Å²) in [6.07, 6.45) is 1.23. The minimum Gasteiger partial charge on any atom is -0.467 e. The summed E-state index contributed by atoms with van der Waals surface area (Å²) in [6, 6.07) is 8.35. The molecule has 1 aliphatic rings. The van der Waals surface area contributed by atoms with Crippen molar-refractivity contribution in [3.8, 4) is 0 Å². The maximum absolute atomic E-state index is 12.8. The lowest BCUT2D eigenvalue weighted by Crippen LogP contribution is -2.40. The summed E-state index contributed by atoms with van der Waals surface area (Å²) in [7, 11) is 1.26. The van der Waals surface area contributed by atoms with Crippen molar-refractivity contribution in [1.29, 1.82) is 0 Å². The van der Waals surface area contributed by atoms with Gasteiger partial charge in [-0.2, -0.15) is 0 Å². The fourth-order valence-electron chi connectivity index (χ4n) is 2.77. The van der Waals surface area contributed by atoms with Crippen LogP contribution in [0.15, 0.2) is 41.0 Å². The molecule has 3 amide bonds. The average Bonchev–Trinajstić information content (AvgIpc) is 3.14. The molecule has 1 aromatic heterocycles. The van der Waals surface area contributed by atoms with Crippen molar-refractivity contribution < 1.29 is 23.5 Å². The highest BCUT2D eigenvalue weighted by molar-refractivity contribution is 6.07. The van der Waals surface area contributed by atoms with Crippen LogP contribution >= 0.6 is 0 Å². The third-order valence-electron chi connectivity index (χ3n) is 4.29. The monoisotopic (exact) mass is 342 g/mol. The van der Waals surface area contributed by atoms with Crippen molar-refractivity contribution in [2.75, 3.05) is 7.11 Å². The number of carbonyl (C=O) groups excluding carboxylic acids is 3. The van der Waals surface area contributed by atoms with E-state index >= 15 is 0 Å². The van der Waals surface area contributed by atoms with Gasteiger partial charge in [-0.05, 0) is 25.5 Å². The van der Waals surface area contributed by atoms with Crippen LogP contribution in [0.5, 0.6) is 0 Å². The van der Waals surface area contributed by atoms with Gasteiger partial charge in [-0.25, -0.2) is 9.59 Å². The van der Waals surface area contributed by atoms with Crippen LogP contribution in [-0.2, 0) is 21.6 Å². The Morgan fingerprint density at radius 1 is 1.28 bits per heavy atom. The number of ether oxygens (including phenoxy) is 1. The van der Waals surface area contributed by atoms with Crippen LogP contribution in [0.25, 0.3) is 0 Å². The molecule has 1 atom stereocenters. The number of imide groups is 1. The van der Waals surface area contributed by atoms with E-state index in [0.29, 0.717) is 11.3 Å². The van der Waals surface area contributed by atoms with Gasteiger partial charge in [0.25, 0.3) is 5.91 Å². The molecule has 130 valence electrons. The number of hydrogen-bond donors (Lipinski definition) is 1. The third kappa shape index (κ3) is 2.88. The summed E-state index contributed by atoms with van der Waals surface area (Å²) in [5, 5.41) is 2.73. The molecule has 1 aliphatic heterocycles. The number of urea groups is 1. The van der Waals surface area contributed by atoms with Crippen LogP contribution in [0.4, 0.5) is 4.79 Å². The second-order valence-corrected chi connectivity index (χ2v) is 6.11. The average molecular weight is 342 g/mol. The molecule has 1 saturated heterocycles. The Hall–Kier alpha value is -3.09. The fourth-order valence-corrected chi connectivity index (χ4v) is 2.77. The third-order valence-corrected chi connectivity index (χ3v) is 4.29. The number of hydrogen-bond acceptors (Lipinski definition) is 5. The maximum Gasteiger partial charge on any atom is 0.341 e. The normalized spacial score (nSPS) is 19.9. The SMILES string of the molecule is COC(=O)c1coc(CN2C(=O)NC(C)(c3ccc(C)cc3)C2=O)c1. The first-order chi connectivity index (χ1) is 11.8. The van der Waals surface area contributed by atoms with Gasteiger partial charge in [-0.15, -0.1) is 0 Å². The van der Waals surface area contributed by atoms with Crippen molar-refractivity contribution in [2.45, 2.75) is 25.9 Å². The number of nitrogens with zero attached hydrogens (tertiary/aromatic N) is 1.